The summed E-state index contributed by atoms with van der Waals surface area (Å²) in [6.45, 7) is 6.99. The van der Waals surface area contributed by atoms with Gasteiger partial charge in [-0.15, -0.1) is 10.2 Å². The Morgan fingerprint density at radius 1 is 0.941 bits per heavy atom. The summed E-state index contributed by atoms with van der Waals surface area (Å²) >= 11 is 5.89. The smallest absolute Gasteiger partial charge is 0.173 e. The zero-order valence-electron chi connectivity index (χ0n) is 19.4. The Balaban J connectivity index is 1.31. The molecule has 172 valence electrons. The maximum absolute atomic E-state index is 5.89. The van der Waals surface area contributed by atoms with Gasteiger partial charge >= 0.3 is 0 Å². The van der Waals surface area contributed by atoms with Crippen LogP contribution in [0, 0.1) is 5.92 Å². The van der Waals surface area contributed by atoms with Crippen LogP contribution >= 0.6 is 12.2 Å². The van der Waals surface area contributed by atoms with Gasteiger partial charge in [0.05, 0.1) is 17.3 Å². The van der Waals surface area contributed by atoms with Crippen LogP contribution in [0.1, 0.15) is 13.8 Å². The Morgan fingerprint density at radius 2 is 1.79 bits per heavy atom. The van der Waals surface area contributed by atoms with Crippen molar-refractivity contribution >= 4 is 39.7 Å². The van der Waals surface area contributed by atoms with Crippen LogP contribution in [0.15, 0.2) is 79.0 Å². The van der Waals surface area contributed by atoms with E-state index in [2.05, 4.69) is 80.5 Å². The molecule has 5 rings (SSSR count). The first-order chi connectivity index (χ1) is 16.6. The molecule has 1 N–H and O–H groups in total. The largest absolute Gasteiger partial charge is 0.351 e. The minimum atomic E-state index is 0.262. The lowest BCUT2D eigenvalue weighted by molar-refractivity contribution is 0.227. The normalized spacial score (nSPS) is 16.1. The van der Waals surface area contributed by atoms with E-state index >= 15 is 0 Å². The molecule has 34 heavy (non-hydrogen) atoms. The maximum atomic E-state index is 5.89. The van der Waals surface area contributed by atoms with Crippen molar-refractivity contribution in [2.75, 3.05) is 29.9 Å². The van der Waals surface area contributed by atoms with Gasteiger partial charge in [0.15, 0.2) is 10.9 Å². The number of thiocarbonyl (C=S) groups is 1. The molecule has 0 aliphatic carbocycles. The molecule has 0 spiro atoms. The highest BCUT2D eigenvalue weighted by Gasteiger charge is 2.31. The van der Waals surface area contributed by atoms with Gasteiger partial charge in [-0.25, -0.2) is 0 Å². The molecule has 6 nitrogen and oxygen atoms in total. The lowest BCUT2D eigenvalue weighted by atomic mass is 10.00. The number of hydrogen-bond acceptors (Lipinski definition) is 5. The molecule has 0 saturated carbocycles. The van der Waals surface area contributed by atoms with Crippen molar-refractivity contribution in [1.29, 1.82) is 0 Å². The van der Waals surface area contributed by atoms with Crippen molar-refractivity contribution < 1.29 is 0 Å². The van der Waals surface area contributed by atoms with Crippen LogP contribution in [-0.4, -0.2) is 50.9 Å². The molecule has 0 radical (unpaired) electrons. The number of nitrogens with one attached hydrogen (secondary N) is 1. The number of aromatic nitrogens is 3. The van der Waals surface area contributed by atoms with E-state index in [-0.39, 0.29) is 6.04 Å². The third-order valence-electron chi connectivity index (χ3n) is 6.38. The predicted molar refractivity (Wildman–Crippen MR) is 143 cm³/mol. The fraction of sp³-hybridized carbons (Fsp3) is 0.259. The maximum Gasteiger partial charge on any atom is 0.173 e. The fourth-order valence-electron chi connectivity index (χ4n) is 4.50. The van der Waals surface area contributed by atoms with Gasteiger partial charge in [0, 0.05) is 42.5 Å². The van der Waals surface area contributed by atoms with Crippen LogP contribution < -0.4 is 10.2 Å². The number of hydrogen-bond donors (Lipinski definition) is 1. The lowest BCUT2D eigenvalue weighted by Gasteiger charge is -2.45. The summed E-state index contributed by atoms with van der Waals surface area (Å²) in [5, 5.41) is 14.3. The molecule has 3 heterocycles. The van der Waals surface area contributed by atoms with Crippen LogP contribution in [-0.2, 0) is 0 Å². The first-order valence-corrected chi connectivity index (χ1v) is 12.1. The fourth-order valence-corrected chi connectivity index (χ4v) is 4.83. The second kappa shape index (κ2) is 9.73. The Kier molecular flexibility index (Phi) is 6.36. The molecular formula is C27H28N6S. The summed E-state index contributed by atoms with van der Waals surface area (Å²) < 4.78 is 0. The highest BCUT2D eigenvalue weighted by Crippen LogP contribution is 2.26. The molecule has 2 aromatic carbocycles. The number of benzene rings is 2. The zero-order valence-corrected chi connectivity index (χ0v) is 20.2. The second-order valence-corrected chi connectivity index (χ2v) is 9.29. The molecule has 1 aliphatic rings. The highest BCUT2D eigenvalue weighted by atomic mass is 32.1. The topological polar surface area (TPSA) is 57.2 Å². The predicted octanol–water partition coefficient (Wildman–Crippen LogP) is 5.24. The van der Waals surface area contributed by atoms with E-state index < -0.39 is 0 Å². The molecule has 7 heteroatoms. The molecule has 1 fully saturated rings. The van der Waals surface area contributed by atoms with E-state index in [0.29, 0.717) is 5.92 Å². The van der Waals surface area contributed by atoms with Crippen molar-refractivity contribution in [3.05, 3.63) is 79.0 Å². The molecule has 1 aliphatic heterocycles. The van der Waals surface area contributed by atoms with Gasteiger partial charge in [-0.1, -0.05) is 50.2 Å². The van der Waals surface area contributed by atoms with Crippen LogP contribution in [0.4, 0.5) is 11.5 Å². The van der Waals surface area contributed by atoms with Crippen molar-refractivity contribution in [3.8, 4) is 11.3 Å². The van der Waals surface area contributed by atoms with Crippen LogP contribution in [0.3, 0.4) is 0 Å². The number of nitrogens with zero attached hydrogens (tertiary/aromatic N) is 5. The Morgan fingerprint density at radius 3 is 2.56 bits per heavy atom. The Hall–Kier alpha value is -3.58. The summed E-state index contributed by atoms with van der Waals surface area (Å²) in [5.74, 6) is 1.33. The SMILES string of the molecule is CC(C)C1CN(c2ccc(-c3ccccc3)nn2)CCN1C(=S)Nc1cccc2ncccc12. The van der Waals surface area contributed by atoms with Gasteiger partial charge in [-0.3, -0.25) is 4.98 Å². The summed E-state index contributed by atoms with van der Waals surface area (Å²) in [6, 6.07) is 24.6. The van der Waals surface area contributed by atoms with E-state index in [1.165, 1.54) is 0 Å². The van der Waals surface area contributed by atoms with E-state index in [0.717, 1.165) is 58.4 Å². The van der Waals surface area contributed by atoms with E-state index in [1.54, 1.807) is 0 Å². The number of rotatable bonds is 4. The van der Waals surface area contributed by atoms with E-state index in [1.807, 2.05) is 42.6 Å². The van der Waals surface area contributed by atoms with E-state index in [9.17, 15) is 0 Å². The molecule has 4 aromatic rings. The molecule has 1 saturated heterocycles. The van der Waals surface area contributed by atoms with Crippen LogP contribution in [0.25, 0.3) is 22.2 Å². The second-order valence-electron chi connectivity index (χ2n) is 8.90. The third-order valence-corrected chi connectivity index (χ3v) is 6.72. The minimum absolute atomic E-state index is 0.262. The van der Waals surface area contributed by atoms with Crippen molar-refractivity contribution in [3.63, 3.8) is 0 Å². The van der Waals surface area contributed by atoms with Gasteiger partial charge in [0.1, 0.15) is 0 Å². The molecular weight excluding hydrogens is 440 g/mol. The van der Waals surface area contributed by atoms with Gasteiger partial charge in [0.25, 0.3) is 0 Å². The average Bonchev–Trinajstić information content (AvgIpc) is 2.89. The molecule has 2 aromatic heterocycles. The number of pyridine rings is 1. The van der Waals surface area contributed by atoms with Gasteiger partial charge < -0.3 is 15.1 Å². The zero-order chi connectivity index (χ0) is 23.5. The molecule has 1 unspecified atom stereocenters. The summed E-state index contributed by atoms with van der Waals surface area (Å²) in [7, 11) is 0. The quantitative estimate of drug-likeness (QED) is 0.411. The van der Waals surface area contributed by atoms with Crippen LogP contribution in [0.2, 0.25) is 0 Å². The van der Waals surface area contributed by atoms with Crippen LogP contribution in [0.5, 0.6) is 0 Å². The van der Waals surface area contributed by atoms with E-state index in [4.69, 9.17) is 12.2 Å². The Labute approximate surface area is 205 Å². The number of piperazine rings is 1. The minimum Gasteiger partial charge on any atom is -0.351 e. The van der Waals surface area contributed by atoms with Gasteiger partial charge in [0.2, 0.25) is 0 Å². The molecule has 0 bridgehead atoms. The number of fused-ring (bicyclic) bond motifs is 1. The number of anilines is 2. The first kappa shape index (κ1) is 22.2. The summed E-state index contributed by atoms with van der Waals surface area (Å²) in [6.07, 6.45) is 1.81. The Bertz CT molecular complexity index is 1270. The molecule has 0 amide bonds. The monoisotopic (exact) mass is 468 g/mol. The standard InChI is InChI=1S/C27H28N6S/c1-19(2)25-18-32(26-14-13-22(30-31-26)20-8-4-3-5-9-20)16-17-33(25)27(34)29-24-12-6-11-23-21(24)10-7-15-28-23/h3-15,19,25H,16-18H2,1-2H3,(H,29,34). The summed E-state index contributed by atoms with van der Waals surface area (Å²) in [5.41, 5.74) is 3.91. The highest BCUT2D eigenvalue weighted by molar-refractivity contribution is 7.80. The van der Waals surface area contributed by atoms with Crippen molar-refractivity contribution in [2.24, 2.45) is 5.92 Å². The van der Waals surface area contributed by atoms with Crippen molar-refractivity contribution in [2.45, 2.75) is 19.9 Å². The lowest BCUT2D eigenvalue weighted by Crippen LogP contribution is -2.58. The average molecular weight is 469 g/mol. The first-order valence-electron chi connectivity index (χ1n) is 11.7. The van der Waals surface area contributed by atoms with Crippen molar-refractivity contribution in [1.82, 2.24) is 20.1 Å². The molecule has 1 atom stereocenters. The third kappa shape index (κ3) is 4.56. The van der Waals surface area contributed by atoms with Gasteiger partial charge in [-0.2, -0.15) is 0 Å². The van der Waals surface area contributed by atoms with Gasteiger partial charge in [-0.05, 0) is 54.5 Å². The summed E-state index contributed by atoms with van der Waals surface area (Å²) in [4.78, 5) is 9.09.